The Hall–Kier alpha value is -1.39. The SMILES string of the molecule is C[N+](C)(C)CCCCCCOC(=O)NCCCCCCN=C=O. The van der Waals surface area contributed by atoms with E-state index in [1.165, 1.54) is 25.5 Å². The van der Waals surface area contributed by atoms with E-state index in [0.29, 0.717) is 19.7 Å². The lowest BCUT2D eigenvalue weighted by Gasteiger charge is -2.23. The number of unbranched alkanes of at least 4 members (excludes halogenated alkanes) is 6. The molecule has 0 spiro atoms. The van der Waals surface area contributed by atoms with Crippen molar-refractivity contribution in [3.63, 3.8) is 0 Å². The number of quaternary nitrogens is 1. The summed E-state index contributed by atoms with van der Waals surface area (Å²) in [5, 5.41) is 2.76. The number of ether oxygens (including phenoxy) is 1. The fraction of sp³-hybridized carbons (Fsp3) is 0.882. The van der Waals surface area contributed by atoms with Crippen molar-refractivity contribution >= 4 is 12.2 Å². The van der Waals surface area contributed by atoms with Crippen molar-refractivity contribution in [1.29, 1.82) is 0 Å². The lowest BCUT2D eigenvalue weighted by molar-refractivity contribution is -0.870. The molecule has 0 unspecified atom stereocenters. The van der Waals surface area contributed by atoms with Gasteiger partial charge in [-0.2, -0.15) is 0 Å². The van der Waals surface area contributed by atoms with Crippen LogP contribution in [-0.2, 0) is 9.53 Å². The molecule has 0 saturated heterocycles. The third kappa shape index (κ3) is 18.6. The molecule has 1 amide bonds. The Morgan fingerprint density at radius 2 is 1.65 bits per heavy atom. The van der Waals surface area contributed by atoms with Gasteiger partial charge in [-0.3, -0.25) is 0 Å². The zero-order valence-electron chi connectivity index (χ0n) is 15.1. The van der Waals surface area contributed by atoms with Gasteiger partial charge in [0.25, 0.3) is 0 Å². The molecule has 0 aliphatic heterocycles. The second kappa shape index (κ2) is 14.2. The molecule has 0 aromatic heterocycles. The van der Waals surface area contributed by atoms with E-state index in [2.05, 4.69) is 31.5 Å². The summed E-state index contributed by atoms with van der Waals surface area (Å²) in [6.45, 7) is 2.87. The van der Waals surface area contributed by atoms with Crippen LogP contribution in [0.1, 0.15) is 51.4 Å². The van der Waals surface area contributed by atoms with Crippen LogP contribution in [0.15, 0.2) is 4.99 Å². The molecular weight excluding hydrogens is 294 g/mol. The number of carbonyl (C=O) groups excluding carboxylic acids is 2. The number of amides is 1. The minimum absolute atomic E-state index is 0.318. The molecule has 0 bridgehead atoms. The monoisotopic (exact) mass is 328 g/mol. The van der Waals surface area contributed by atoms with Gasteiger partial charge in [0, 0.05) is 6.54 Å². The molecule has 0 aliphatic rings. The van der Waals surface area contributed by atoms with Crippen molar-refractivity contribution < 1.29 is 18.8 Å². The number of rotatable bonds is 14. The zero-order chi connectivity index (χ0) is 17.4. The molecule has 1 N–H and O–H groups in total. The molecule has 23 heavy (non-hydrogen) atoms. The maximum Gasteiger partial charge on any atom is 0.407 e. The predicted molar refractivity (Wildman–Crippen MR) is 92.2 cm³/mol. The Bertz CT molecular complexity index is 347. The fourth-order valence-electron chi connectivity index (χ4n) is 2.16. The maximum absolute atomic E-state index is 11.4. The van der Waals surface area contributed by atoms with Gasteiger partial charge >= 0.3 is 6.09 Å². The second-order valence-corrected chi connectivity index (χ2v) is 6.88. The first-order valence-electron chi connectivity index (χ1n) is 8.70. The Kier molecular flexibility index (Phi) is 13.4. The van der Waals surface area contributed by atoms with Crippen LogP contribution in [-0.4, -0.2) is 64.0 Å². The predicted octanol–water partition coefficient (Wildman–Crippen LogP) is 2.88. The standard InChI is InChI=1S/C17H33N3O3/c1-20(2,3)14-10-6-7-11-15-23-17(22)19-13-9-5-4-8-12-18-16-21/h4-15H2,1-3H3/p+1. The maximum atomic E-state index is 11.4. The first-order valence-corrected chi connectivity index (χ1v) is 8.70. The smallest absolute Gasteiger partial charge is 0.407 e. The van der Waals surface area contributed by atoms with Crippen molar-refractivity contribution in [1.82, 2.24) is 5.32 Å². The highest BCUT2D eigenvalue weighted by atomic mass is 16.5. The van der Waals surface area contributed by atoms with Crippen molar-refractivity contribution in [2.24, 2.45) is 4.99 Å². The van der Waals surface area contributed by atoms with Crippen LogP contribution in [0.5, 0.6) is 0 Å². The van der Waals surface area contributed by atoms with Gasteiger partial charge in [-0.05, 0) is 38.5 Å². The highest BCUT2D eigenvalue weighted by Gasteiger charge is 2.05. The highest BCUT2D eigenvalue weighted by Crippen LogP contribution is 2.03. The minimum Gasteiger partial charge on any atom is -0.450 e. The van der Waals surface area contributed by atoms with Crippen molar-refractivity contribution in [3.8, 4) is 0 Å². The quantitative estimate of drug-likeness (QED) is 0.231. The molecule has 6 nitrogen and oxygen atoms in total. The normalized spacial score (nSPS) is 10.9. The first-order chi connectivity index (χ1) is 11.0. The molecule has 0 atom stereocenters. The lowest BCUT2D eigenvalue weighted by Crippen LogP contribution is -2.35. The van der Waals surface area contributed by atoms with Crippen LogP contribution in [0.3, 0.4) is 0 Å². The summed E-state index contributed by atoms with van der Waals surface area (Å²) in [5.41, 5.74) is 0. The van der Waals surface area contributed by atoms with E-state index in [1.807, 2.05) is 0 Å². The van der Waals surface area contributed by atoms with E-state index in [4.69, 9.17) is 4.74 Å². The molecule has 0 aliphatic carbocycles. The lowest BCUT2D eigenvalue weighted by atomic mass is 10.2. The Labute approximate surface area is 140 Å². The zero-order valence-corrected chi connectivity index (χ0v) is 15.1. The minimum atomic E-state index is -0.318. The van der Waals surface area contributed by atoms with Gasteiger partial charge in [0.15, 0.2) is 0 Å². The Morgan fingerprint density at radius 3 is 2.35 bits per heavy atom. The molecule has 0 heterocycles. The topological polar surface area (TPSA) is 67.8 Å². The number of hydrogen-bond donors (Lipinski definition) is 1. The van der Waals surface area contributed by atoms with Crippen molar-refractivity contribution in [3.05, 3.63) is 0 Å². The number of isocyanates is 1. The van der Waals surface area contributed by atoms with Crippen LogP contribution >= 0.6 is 0 Å². The van der Waals surface area contributed by atoms with Gasteiger partial charge in [0.1, 0.15) is 0 Å². The van der Waals surface area contributed by atoms with Gasteiger partial charge in [0.05, 0.1) is 40.8 Å². The summed E-state index contributed by atoms with van der Waals surface area (Å²) in [6.07, 6.45) is 9.50. The average Bonchev–Trinajstić information content (AvgIpc) is 2.48. The summed E-state index contributed by atoms with van der Waals surface area (Å²) in [5.74, 6) is 0. The largest absolute Gasteiger partial charge is 0.450 e. The van der Waals surface area contributed by atoms with Gasteiger partial charge in [-0.15, -0.1) is 0 Å². The molecule has 0 aromatic rings. The summed E-state index contributed by atoms with van der Waals surface area (Å²) in [4.78, 5) is 24.8. The Morgan fingerprint density at radius 1 is 1.00 bits per heavy atom. The highest BCUT2D eigenvalue weighted by molar-refractivity contribution is 5.66. The van der Waals surface area contributed by atoms with Crippen molar-refractivity contribution in [2.75, 3.05) is 47.4 Å². The van der Waals surface area contributed by atoms with E-state index in [0.717, 1.165) is 43.0 Å². The van der Waals surface area contributed by atoms with Gasteiger partial charge in [0.2, 0.25) is 6.08 Å². The third-order valence-electron chi connectivity index (χ3n) is 3.49. The van der Waals surface area contributed by atoms with Gasteiger partial charge in [-0.1, -0.05) is 12.8 Å². The van der Waals surface area contributed by atoms with E-state index >= 15 is 0 Å². The second-order valence-electron chi connectivity index (χ2n) is 6.88. The molecule has 6 heteroatoms. The number of nitrogens with zero attached hydrogens (tertiary/aromatic N) is 2. The van der Waals surface area contributed by atoms with Crippen LogP contribution in [0.25, 0.3) is 0 Å². The number of alkyl carbamates (subject to hydrolysis) is 1. The van der Waals surface area contributed by atoms with Crippen LogP contribution in [0.4, 0.5) is 4.79 Å². The number of hydrogen-bond acceptors (Lipinski definition) is 4. The number of nitrogens with one attached hydrogen (secondary N) is 1. The van der Waals surface area contributed by atoms with Crippen LogP contribution < -0.4 is 5.32 Å². The first kappa shape index (κ1) is 21.6. The molecule has 134 valence electrons. The summed E-state index contributed by atoms with van der Waals surface area (Å²) in [6, 6.07) is 0. The Balaban J connectivity index is 3.26. The number of aliphatic imine (C=N–C) groups is 1. The van der Waals surface area contributed by atoms with E-state index in [1.54, 1.807) is 0 Å². The summed E-state index contributed by atoms with van der Waals surface area (Å²) < 4.78 is 6.14. The average molecular weight is 328 g/mol. The van der Waals surface area contributed by atoms with E-state index < -0.39 is 0 Å². The van der Waals surface area contributed by atoms with E-state index in [9.17, 15) is 9.59 Å². The molecule has 0 aromatic carbocycles. The van der Waals surface area contributed by atoms with Gasteiger partial charge < -0.3 is 14.5 Å². The van der Waals surface area contributed by atoms with Crippen LogP contribution in [0.2, 0.25) is 0 Å². The molecule has 0 fully saturated rings. The fourth-order valence-corrected chi connectivity index (χ4v) is 2.16. The molecule has 0 rings (SSSR count). The summed E-state index contributed by atoms with van der Waals surface area (Å²) in [7, 11) is 6.60. The van der Waals surface area contributed by atoms with Crippen LogP contribution in [0, 0.1) is 0 Å². The molecule has 0 radical (unpaired) electrons. The van der Waals surface area contributed by atoms with E-state index in [-0.39, 0.29) is 6.09 Å². The molecule has 0 saturated carbocycles. The van der Waals surface area contributed by atoms with Crippen molar-refractivity contribution in [2.45, 2.75) is 51.4 Å². The van der Waals surface area contributed by atoms with Gasteiger partial charge in [-0.25, -0.2) is 14.6 Å². The third-order valence-corrected chi connectivity index (χ3v) is 3.49. The number of carbonyl (C=O) groups is 1. The molecular formula is C17H34N3O3+. The summed E-state index contributed by atoms with van der Waals surface area (Å²) >= 11 is 0.